The number of carbonyl (C=O) groups excluding carboxylic acids is 1. The van der Waals surface area contributed by atoms with Crippen LogP contribution in [0.4, 0.5) is 5.82 Å². The number of halogens is 1. The van der Waals surface area contributed by atoms with Crippen molar-refractivity contribution in [1.82, 2.24) is 20.6 Å². The van der Waals surface area contributed by atoms with Crippen molar-refractivity contribution in [3.05, 3.63) is 99.2 Å². The van der Waals surface area contributed by atoms with Gasteiger partial charge in [0.2, 0.25) is 11.8 Å². The third-order valence-electron chi connectivity index (χ3n) is 8.65. The minimum atomic E-state index is -1.10. The van der Waals surface area contributed by atoms with Crippen LogP contribution in [0.5, 0.6) is 11.8 Å². The van der Waals surface area contributed by atoms with Crippen LogP contribution in [0.15, 0.2) is 60.8 Å². The molecule has 5 rings (SSSR count). The zero-order valence-corrected chi connectivity index (χ0v) is 30.0. The van der Waals surface area contributed by atoms with Gasteiger partial charge in [0.15, 0.2) is 0 Å². The number of carbonyl (C=O) groups is 3. The van der Waals surface area contributed by atoms with Crippen molar-refractivity contribution in [2.24, 2.45) is 0 Å². The predicted octanol–water partition coefficient (Wildman–Crippen LogP) is 3.85. The molecule has 2 heterocycles. The Hall–Kier alpha value is -5.63. The number of pyridine rings is 2. The fraction of sp³-hybridized carbons (Fsp3) is 0.316. The highest BCUT2D eigenvalue weighted by Crippen LogP contribution is 2.42. The van der Waals surface area contributed by atoms with Crippen LogP contribution in [0.25, 0.3) is 11.1 Å². The summed E-state index contributed by atoms with van der Waals surface area (Å²) in [6.07, 6.45) is -0.485. The number of nitrogens with zero attached hydrogens (tertiary/aromatic N) is 3. The van der Waals surface area contributed by atoms with Gasteiger partial charge < -0.3 is 45.9 Å². The molecule has 1 amide bonds. The molecule has 2 aromatic carbocycles. The maximum absolute atomic E-state index is 13.4. The Balaban J connectivity index is 1.28. The van der Waals surface area contributed by atoms with Gasteiger partial charge in [0, 0.05) is 43.5 Å². The number of aromatic nitrogens is 2. The van der Waals surface area contributed by atoms with Gasteiger partial charge in [0.1, 0.15) is 23.0 Å². The Morgan fingerprint density at radius 3 is 2.30 bits per heavy atom. The highest BCUT2D eigenvalue weighted by molar-refractivity contribution is 6.31. The van der Waals surface area contributed by atoms with E-state index in [2.05, 4.69) is 32.0 Å². The SMILES string of the molecule is COc1nc(O[C@H]2CCc3c(-c4cccc(C(=O)Nc5ccc(CNC[C@@H](O)CC(=O)O)cn5)c4C#N)cccc32)c(Cl)cc1CNC[C@@H](O)CC(=O)O. The number of hydrogen-bond acceptors (Lipinski definition) is 12. The van der Waals surface area contributed by atoms with E-state index in [1.54, 1.807) is 42.6 Å². The summed E-state index contributed by atoms with van der Waals surface area (Å²) >= 11 is 6.59. The van der Waals surface area contributed by atoms with Crippen molar-refractivity contribution in [2.45, 2.75) is 57.1 Å². The molecule has 0 saturated carbocycles. The van der Waals surface area contributed by atoms with Gasteiger partial charge in [-0.05, 0) is 53.3 Å². The number of amides is 1. The van der Waals surface area contributed by atoms with Crippen LogP contribution in [0, 0.1) is 11.3 Å². The number of anilines is 1. The van der Waals surface area contributed by atoms with E-state index in [1.165, 1.54) is 7.11 Å². The van der Waals surface area contributed by atoms with Crippen LogP contribution < -0.4 is 25.4 Å². The third kappa shape index (κ3) is 10.1. The van der Waals surface area contributed by atoms with Crippen LogP contribution in [-0.4, -0.2) is 80.6 Å². The lowest BCUT2D eigenvalue weighted by atomic mass is 9.91. The van der Waals surface area contributed by atoms with E-state index in [-0.39, 0.29) is 66.2 Å². The van der Waals surface area contributed by atoms with Gasteiger partial charge in [-0.1, -0.05) is 48.0 Å². The lowest BCUT2D eigenvalue weighted by Gasteiger charge is -2.18. The third-order valence-corrected chi connectivity index (χ3v) is 8.92. The van der Waals surface area contributed by atoms with Gasteiger partial charge in [-0.25, -0.2) is 4.98 Å². The van der Waals surface area contributed by atoms with Gasteiger partial charge in [-0.15, -0.1) is 0 Å². The summed E-state index contributed by atoms with van der Waals surface area (Å²) in [6, 6.07) is 18.0. The van der Waals surface area contributed by atoms with Crippen molar-refractivity contribution in [3.8, 4) is 29.0 Å². The number of ether oxygens (including phenoxy) is 2. The average Bonchev–Trinajstić information content (AvgIpc) is 3.55. The molecule has 0 fully saturated rings. The van der Waals surface area contributed by atoms with E-state index in [4.69, 9.17) is 31.3 Å². The van der Waals surface area contributed by atoms with E-state index in [0.29, 0.717) is 30.5 Å². The first-order chi connectivity index (χ1) is 26.0. The molecule has 282 valence electrons. The summed E-state index contributed by atoms with van der Waals surface area (Å²) in [5.74, 6) is -2.01. The molecule has 0 aliphatic heterocycles. The summed E-state index contributed by atoms with van der Waals surface area (Å²) in [4.78, 5) is 43.8. The quantitative estimate of drug-likeness (QED) is 0.0764. The molecular weight excluding hydrogens is 720 g/mol. The highest BCUT2D eigenvalue weighted by Gasteiger charge is 2.29. The largest absolute Gasteiger partial charge is 0.481 e. The number of methoxy groups -OCH3 is 1. The minimum absolute atomic E-state index is 0.0468. The first-order valence-corrected chi connectivity index (χ1v) is 17.4. The summed E-state index contributed by atoms with van der Waals surface area (Å²) in [5.41, 5.74) is 4.94. The van der Waals surface area contributed by atoms with E-state index in [1.807, 2.05) is 18.2 Å². The Bertz CT molecular complexity index is 2040. The topological polar surface area (TPSA) is 236 Å². The maximum atomic E-state index is 13.4. The molecule has 4 aromatic rings. The number of benzene rings is 2. The molecule has 54 heavy (non-hydrogen) atoms. The lowest BCUT2D eigenvalue weighted by molar-refractivity contribution is -0.140. The number of aliphatic hydroxyl groups excluding tert-OH is 2. The molecule has 2 aromatic heterocycles. The van der Waals surface area contributed by atoms with Crippen LogP contribution in [0.3, 0.4) is 0 Å². The molecule has 0 saturated heterocycles. The molecular formula is C38H39ClN6O9. The molecule has 0 bridgehead atoms. The number of carboxylic acids is 2. The van der Waals surface area contributed by atoms with Gasteiger partial charge >= 0.3 is 11.9 Å². The molecule has 0 radical (unpaired) electrons. The van der Waals surface area contributed by atoms with Crippen LogP contribution >= 0.6 is 11.6 Å². The maximum Gasteiger partial charge on any atom is 0.306 e. The molecule has 1 aliphatic carbocycles. The number of aliphatic hydroxyl groups is 2. The molecule has 0 unspecified atom stereocenters. The van der Waals surface area contributed by atoms with E-state index < -0.39 is 36.2 Å². The number of nitrogens with one attached hydrogen (secondary N) is 3. The van der Waals surface area contributed by atoms with Gasteiger partial charge in [-0.3, -0.25) is 14.4 Å². The monoisotopic (exact) mass is 758 g/mol. The van der Waals surface area contributed by atoms with E-state index >= 15 is 0 Å². The standard InChI is InChI=1S/C38H39ClN6O9/c1-53-37-22(18-42-20-24(47)14-35(50)51)12-31(39)38(45-37)54-32-10-9-27-25(4-2-6-28(27)32)26-5-3-7-29(30(26)15-40)36(52)44-33-11-8-21(17-43-33)16-41-19-23(46)13-34(48)49/h2-8,11-12,17,23-24,32,41-42,46-47H,9-10,13-14,16,18-20H2,1H3,(H,48,49)(H,50,51)(H,43,44,52)/t23-,24-,32-/m0/s1. The number of fused-ring (bicyclic) bond motifs is 1. The van der Waals surface area contributed by atoms with Crippen molar-refractivity contribution >= 4 is 35.3 Å². The van der Waals surface area contributed by atoms with Crippen molar-refractivity contribution in [1.29, 1.82) is 5.26 Å². The zero-order chi connectivity index (χ0) is 38.8. The first-order valence-electron chi connectivity index (χ1n) is 17.0. The predicted molar refractivity (Wildman–Crippen MR) is 196 cm³/mol. The first kappa shape index (κ1) is 39.6. The average molecular weight is 759 g/mol. The number of hydrogen-bond donors (Lipinski definition) is 7. The second kappa shape index (κ2) is 18.4. The number of rotatable bonds is 18. The molecule has 0 spiro atoms. The highest BCUT2D eigenvalue weighted by atomic mass is 35.5. The summed E-state index contributed by atoms with van der Waals surface area (Å²) in [5, 5.41) is 56.4. The Morgan fingerprint density at radius 1 is 0.963 bits per heavy atom. The second-order valence-electron chi connectivity index (χ2n) is 12.6. The molecule has 7 N–H and O–H groups in total. The fourth-order valence-corrected chi connectivity index (χ4v) is 6.40. The normalized spacial score (nSPS) is 14.4. The lowest BCUT2D eigenvalue weighted by Crippen LogP contribution is -2.28. The number of aliphatic carboxylic acids is 2. The van der Waals surface area contributed by atoms with Crippen LogP contribution in [0.2, 0.25) is 5.02 Å². The zero-order valence-electron chi connectivity index (χ0n) is 29.2. The number of nitriles is 1. The van der Waals surface area contributed by atoms with Gasteiger partial charge in [0.05, 0.1) is 43.3 Å². The molecule has 1 aliphatic rings. The number of carboxylic acid groups (broad SMARTS) is 2. The Labute approximate surface area is 315 Å². The van der Waals surface area contributed by atoms with E-state index in [9.17, 15) is 29.9 Å². The summed E-state index contributed by atoms with van der Waals surface area (Å²) in [7, 11) is 1.45. The second-order valence-corrected chi connectivity index (χ2v) is 13.0. The molecule has 16 heteroatoms. The summed E-state index contributed by atoms with van der Waals surface area (Å²) < 4.78 is 11.8. The Morgan fingerprint density at radius 2 is 1.65 bits per heavy atom. The van der Waals surface area contributed by atoms with Crippen molar-refractivity contribution in [3.63, 3.8) is 0 Å². The smallest absolute Gasteiger partial charge is 0.306 e. The fourth-order valence-electron chi connectivity index (χ4n) is 6.18. The molecule has 3 atom stereocenters. The molecule has 15 nitrogen and oxygen atoms in total. The van der Waals surface area contributed by atoms with Crippen molar-refractivity contribution in [2.75, 3.05) is 25.5 Å². The summed E-state index contributed by atoms with van der Waals surface area (Å²) in [6.45, 7) is 0.689. The van der Waals surface area contributed by atoms with Crippen molar-refractivity contribution < 1.29 is 44.3 Å². The van der Waals surface area contributed by atoms with Gasteiger partial charge in [0.25, 0.3) is 5.91 Å². The van der Waals surface area contributed by atoms with Crippen LogP contribution in [-0.2, 0) is 29.1 Å². The van der Waals surface area contributed by atoms with Crippen LogP contribution in [0.1, 0.15) is 63.5 Å². The van der Waals surface area contributed by atoms with Gasteiger partial charge in [-0.2, -0.15) is 10.2 Å². The Kier molecular flexibility index (Phi) is 13.5. The minimum Gasteiger partial charge on any atom is -0.481 e. The van der Waals surface area contributed by atoms with E-state index in [0.717, 1.165) is 22.3 Å².